The quantitative estimate of drug-likeness (QED) is 0.637. The first kappa shape index (κ1) is 22.4. The summed E-state index contributed by atoms with van der Waals surface area (Å²) in [6.45, 7) is 4.24. The molecule has 0 saturated heterocycles. The molecule has 5 nitrogen and oxygen atoms in total. The number of nitrogens with one attached hydrogen (secondary N) is 1. The van der Waals surface area contributed by atoms with Crippen LogP contribution in [-0.4, -0.2) is 28.3 Å². The number of hydrogen-bond donors (Lipinski definition) is 1. The molecule has 0 unspecified atom stereocenters. The fourth-order valence-electron chi connectivity index (χ4n) is 4.02. The number of pyridine rings is 2. The van der Waals surface area contributed by atoms with E-state index in [1.165, 1.54) is 19.2 Å². The molecule has 1 aliphatic heterocycles. The third kappa shape index (κ3) is 4.40. The Balaban J connectivity index is 1.48. The summed E-state index contributed by atoms with van der Waals surface area (Å²) in [5.41, 5.74) is 0.677. The second-order valence-corrected chi connectivity index (χ2v) is 8.86. The minimum absolute atomic E-state index is 0.273. The molecule has 2 aromatic rings. The van der Waals surface area contributed by atoms with E-state index in [9.17, 15) is 26.7 Å². The van der Waals surface area contributed by atoms with E-state index in [1.54, 1.807) is 6.92 Å². The van der Waals surface area contributed by atoms with Crippen LogP contribution in [0.25, 0.3) is 0 Å². The predicted octanol–water partition coefficient (Wildman–Crippen LogP) is 5.13. The third-order valence-electron chi connectivity index (χ3n) is 6.12. The number of anilines is 2. The van der Waals surface area contributed by atoms with Crippen LogP contribution in [0.2, 0.25) is 0 Å². The molecule has 1 amide bonds. The molecule has 2 aliphatic rings. The van der Waals surface area contributed by atoms with E-state index in [0.717, 1.165) is 23.9 Å². The topological polar surface area (TPSA) is 58.1 Å². The number of amides is 1. The van der Waals surface area contributed by atoms with Crippen molar-refractivity contribution in [2.75, 3.05) is 16.8 Å². The Kier molecular flexibility index (Phi) is 5.37. The average molecular weight is 454 g/mol. The molecule has 1 atom stereocenters. The molecule has 1 N–H and O–H groups in total. The average Bonchev–Trinajstić information content (AvgIpc) is 3.18. The summed E-state index contributed by atoms with van der Waals surface area (Å²) in [6, 6.07) is 4.24. The molecular formula is C22H23F5N4O. The monoisotopic (exact) mass is 454 g/mol. The highest BCUT2D eigenvalue weighted by molar-refractivity contribution is 5.91. The second-order valence-electron chi connectivity index (χ2n) is 8.86. The fourth-order valence-corrected chi connectivity index (χ4v) is 4.02. The number of halogens is 5. The number of fused-ring (bicyclic) bond motifs is 1. The van der Waals surface area contributed by atoms with Crippen molar-refractivity contribution in [3.8, 4) is 0 Å². The standard InChI is InChI=1S/C22H23F5N4O/c1-13-8-16-15(29-19(13)30-18(32)9-20(2)12-21(20,23)24)4-3-7-31(16)11-14-5-6-17(28-10-14)22(25,26)27/h5-6,8,10H,3-4,7,9,11-12H2,1-2H3,(H,29,30,32)/t20-/m0/s1. The zero-order valence-corrected chi connectivity index (χ0v) is 17.7. The summed E-state index contributed by atoms with van der Waals surface area (Å²) >= 11 is 0. The van der Waals surface area contributed by atoms with E-state index in [1.807, 2.05) is 11.0 Å². The second kappa shape index (κ2) is 7.67. The first-order chi connectivity index (χ1) is 14.9. The third-order valence-corrected chi connectivity index (χ3v) is 6.12. The number of carbonyl (C=O) groups excluding carboxylic acids is 1. The zero-order chi connectivity index (χ0) is 23.3. The summed E-state index contributed by atoms with van der Waals surface area (Å²) in [5.74, 6) is -2.96. The highest BCUT2D eigenvalue weighted by atomic mass is 19.4. The van der Waals surface area contributed by atoms with Crippen LogP contribution in [0.15, 0.2) is 24.4 Å². The molecule has 0 radical (unpaired) electrons. The Morgan fingerprint density at radius 3 is 2.59 bits per heavy atom. The Morgan fingerprint density at radius 1 is 1.28 bits per heavy atom. The van der Waals surface area contributed by atoms with Gasteiger partial charge in [0.15, 0.2) is 0 Å². The van der Waals surface area contributed by atoms with E-state index in [4.69, 9.17) is 0 Å². The normalized spacial score (nSPS) is 21.8. The highest BCUT2D eigenvalue weighted by Crippen LogP contribution is 2.62. The molecule has 2 aromatic heterocycles. The van der Waals surface area contributed by atoms with Crippen molar-refractivity contribution in [2.24, 2.45) is 5.41 Å². The van der Waals surface area contributed by atoms with Crippen molar-refractivity contribution in [1.29, 1.82) is 0 Å². The van der Waals surface area contributed by atoms with Gasteiger partial charge in [-0.3, -0.25) is 9.78 Å². The van der Waals surface area contributed by atoms with E-state index in [0.29, 0.717) is 36.5 Å². The van der Waals surface area contributed by atoms with E-state index < -0.39 is 29.1 Å². The Morgan fingerprint density at radius 2 is 2.00 bits per heavy atom. The lowest BCUT2D eigenvalue weighted by atomic mass is 10.0. The maximum absolute atomic E-state index is 13.4. The van der Waals surface area contributed by atoms with Crippen molar-refractivity contribution in [2.45, 2.75) is 58.2 Å². The Bertz CT molecular complexity index is 1040. The van der Waals surface area contributed by atoms with Crippen LogP contribution in [-0.2, 0) is 23.9 Å². The summed E-state index contributed by atoms with van der Waals surface area (Å²) in [7, 11) is 0. The smallest absolute Gasteiger partial charge is 0.366 e. The first-order valence-electron chi connectivity index (χ1n) is 10.3. The van der Waals surface area contributed by atoms with Crippen LogP contribution < -0.4 is 10.2 Å². The molecule has 4 rings (SSSR count). The molecule has 32 heavy (non-hydrogen) atoms. The van der Waals surface area contributed by atoms with E-state index in [-0.39, 0.29) is 12.8 Å². The van der Waals surface area contributed by atoms with Crippen LogP contribution in [0, 0.1) is 12.3 Å². The number of carbonyl (C=O) groups is 1. The van der Waals surface area contributed by atoms with Crippen molar-refractivity contribution >= 4 is 17.4 Å². The van der Waals surface area contributed by atoms with Crippen molar-refractivity contribution < 1.29 is 26.7 Å². The zero-order valence-electron chi connectivity index (χ0n) is 17.7. The highest BCUT2D eigenvalue weighted by Gasteiger charge is 2.68. The van der Waals surface area contributed by atoms with Gasteiger partial charge in [0.05, 0.1) is 11.4 Å². The summed E-state index contributed by atoms with van der Waals surface area (Å²) < 4.78 is 65.0. The lowest BCUT2D eigenvalue weighted by Crippen LogP contribution is -2.30. The Hall–Kier alpha value is -2.78. The SMILES string of the molecule is Cc1cc2c(nc1NC(=O)C[C@@]1(C)CC1(F)F)CCCN2Cc1ccc(C(F)(F)F)nc1. The summed E-state index contributed by atoms with van der Waals surface area (Å²) in [6.07, 6.45) is -2.36. The molecule has 1 aliphatic carbocycles. The minimum Gasteiger partial charge on any atom is -0.366 e. The number of aromatic nitrogens is 2. The molecule has 0 bridgehead atoms. The van der Waals surface area contributed by atoms with Gasteiger partial charge in [-0.25, -0.2) is 13.8 Å². The number of nitrogens with zero attached hydrogens (tertiary/aromatic N) is 3. The molecule has 172 valence electrons. The lowest BCUT2D eigenvalue weighted by molar-refractivity contribution is -0.141. The van der Waals surface area contributed by atoms with Crippen LogP contribution in [0.1, 0.15) is 48.7 Å². The van der Waals surface area contributed by atoms with Gasteiger partial charge in [0.2, 0.25) is 5.91 Å². The van der Waals surface area contributed by atoms with E-state index in [2.05, 4.69) is 15.3 Å². The van der Waals surface area contributed by atoms with Gasteiger partial charge in [-0.05, 0) is 43.0 Å². The number of rotatable bonds is 5. The summed E-state index contributed by atoms with van der Waals surface area (Å²) in [5, 5.41) is 2.66. The number of hydrogen-bond acceptors (Lipinski definition) is 4. The van der Waals surface area contributed by atoms with E-state index >= 15 is 0 Å². The molecule has 1 saturated carbocycles. The number of aryl methyl sites for hydroxylation is 2. The molecule has 0 spiro atoms. The van der Waals surface area contributed by atoms with Crippen molar-refractivity contribution in [3.05, 3.63) is 46.9 Å². The molecule has 3 heterocycles. The maximum atomic E-state index is 13.4. The molecule has 0 aromatic carbocycles. The fraction of sp³-hybridized carbons (Fsp3) is 0.500. The van der Waals surface area contributed by atoms with Gasteiger partial charge in [0.25, 0.3) is 5.92 Å². The minimum atomic E-state index is -4.48. The predicted molar refractivity (Wildman–Crippen MR) is 109 cm³/mol. The van der Waals surface area contributed by atoms with Crippen LogP contribution >= 0.6 is 0 Å². The molecular weight excluding hydrogens is 431 g/mol. The van der Waals surface area contributed by atoms with Gasteiger partial charge in [-0.1, -0.05) is 13.0 Å². The van der Waals surface area contributed by atoms with Crippen LogP contribution in [0.4, 0.5) is 33.5 Å². The molecule has 1 fully saturated rings. The van der Waals surface area contributed by atoms with Gasteiger partial charge in [-0.2, -0.15) is 13.2 Å². The van der Waals surface area contributed by atoms with Crippen LogP contribution in [0.5, 0.6) is 0 Å². The Labute approximate surface area is 182 Å². The van der Waals surface area contributed by atoms with Gasteiger partial charge >= 0.3 is 6.18 Å². The summed E-state index contributed by atoms with van der Waals surface area (Å²) in [4.78, 5) is 22.4. The largest absolute Gasteiger partial charge is 0.433 e. The van der Waals surface area contributed by atoms with Crippen molar-refractivity contribution in [3.63, 3.8) is 0 Å². The van der Waals surface area contributed by atoms with Gasteiger partial charge < -0.3 is 10.2 Å². The van der Waals surface area contributed by atoms with Gasteiger partial charge in [0, 0.05) is 37.5 Å². The molecule has 10 heteroatoms. The van der Waals surface area contributed by atoms with Gasteiger partial charge in [-0.15, -0.1) is 0 Å². The first-order valence-corrected chi connectivity index (χ1v) is 10.3. The van der Waals surface area contributed by atoms with Crippen molar-refractivity contribution in [1.82, 2.24) is 9.97 Å². The number of alkyl halides is 5. The maximum Gasteiger partial charge on any atom is 0.433 e. The van der Waals surface area contributed by atoms with Crippen LogP contribution in [0.3, 0.4) is 0 Å². The van der Waals surface area contributed by atoms with Gasteiger partial charge in [0.1, 0.15) is 11.5 Å². The lowest BCUT2D eigenvalue weighted by Gasteiger charge is -2.31.